The number of aromatic nitrogens is 2. The molecule has 2 amide bonds. The van der Waals surface area contributed by atoms with Gasteiger partial charge in [0, 0.05) is 37.4 Å². The van der Waals surface area contributed by atoms with Crippen LogP contribution < -0.4 is 5.32 Å². The van der Waals surface area contributed by atoms with Crippen LogP contribution in [0.5, 0.6) is 0 Å². The summed E-state index contributed by atoms with van der Waals surface area (Å²) in [5.41, 5.74) is 1.89. The highest BCUT2D eigenvalue weighted by molar-refractivity contribution is 5.95. The van der Waals surface area contributed by atoms with Gasteiger partial charge in [0.25, 0.3) is 5.91 Å². The molecule has 0 bridgehead atoms. The lowest BCUT2D eigenvalue weighted by Crippen LogP contribution is -2.40. The Morgan fingerprint density at radius 2 is 1.84 bits per heavy atom. The number of hydrogen-bond acceptors (Lipinski definition) is 5. The summed E-state index contributed by atoms with van der Waals surface area (Å²) in [6, 6.07) is 5.75. The zero-order valence-corrected chi connectivity index (χ0v) is 18.5. The molecule has 2 aliphatic heterocycles. The predicted octanol–water partition coefficient (Wildman–Crippen LogP) is 3.37. The number of aryl methyl sites for hydroxylation is 1. The third kappa shape index (κ3) is 5.48. The average Bonchev–Trinajstić information content (AvgIpc) is 2.81. The molecule has 32 heavy (non-hydrogen) atoms. The molecule has 2 saturated heterocycles. The van der Waals surface area contributed by atoms with Crippen LogP contribution in [0.2, 0.25) is 0 Å². The number of amides is 2. The molecule has 2 fully saturated rings. The maximum Gasteiger partial charge on any atom is 0.257 e. The van der Waals surface area contributed by atoms with Crippen LogP contribution >= 0.6 is 0 Å². The van der Waals surface area contributed by atoms with Crippen LogP contribution in [0.1, 0.15) is 59.9 Å². The number of nitrogens with zero attached hydrogens (tertiary/aromatic N) is 4. The largest absolute Gasteiger partial charge is 0.339 e. The molecule has 3 heterocycles. The molecule has 1 atom stereocenters. The molecule has 0 radical (unpaired) electrons. The van der Waals surface area contributed by atoms with Crippen LogP contribution in [-0.4, -0.2) is 64.3 Å². The fourth-order valence-corrected chi connectivity index (χ4v) is 4.51. The van der Waals surface area contributed by atoms with Crippen LogP contribution in [-0.2, 0) is 4.79 Å². The number of rotatable bonds is 5. The van der Waals surface area contributed by atoms with Gasteiger partial charge in [-0.2, -0.15) is 0 Å². The minimum absolute atomic E-state index is 0.0245. The van der Waals surface area contributed by atoms with E-state index in [1.54, 1.807) is 18.3 Å². The molecule has 8 heteroatoms. The number of carbonyl (C=O) groups excluding carboxylic acids is 2. The third-order valence-electron chi connectivity index (χ3n) is 6.24. The number of halogens is 1. The number of carbonyl (C=O) groups is 2. The molecule has 0 spiro atoms. The van der Waals surface area contributed by atoms with Gasteiger partial charge >= 0.3 is 0 Å². The van der Waals surface area contributed by atoms with Crippen molar-refractivity contribution in [2.75, 3.05) is 38.0 Å². The Morgan fingerprint density at radius 3 is 2.56 bits per heavy atom. The van der Waals surface area contributed by atoms with Crippen molar-refractivity contribution >= 4 is 17.5 Å². The molecule has 0 saturated carbocycles. The first-order chi connectivity index (χ1) is 15.5. The zero-order valence-electron chi connectivity index (χ0n) is 18.5. The lowest BCUT2D eigenvalue weighted by atomic mass is 9.96. The van der Waals surface area contributed by atoms with Gasteiger partial charge in [-0.1, -0.05) is 0 Å². The summed E-state index contributed by atoms with van der Waals surface area (Å²) in [5.74, 6) is 0.427. The summed E-state index contributed by atoms with van der Waals surface area (Å²) in [6.45, 7) is 5.26. The molecule has 1 N–H and O–H groups in total. The lowest BCUT2D eigenvalue weighted by Gasteiger charge is -2.31. The normalized spacial score (nSPS) is 19.6. The average molecular weight is 440 g/mol. The van der Waals surface area contributed by atoms with Gasteiger partial charge in [0.15, 0.2) is 0 Å². The van der Waals surface area contributed by atoms with Gasteiger partial charge in [0.2, 0.25) is 5.91 Å². The van der Waals surface area contributed by atoms with Crippen LogP contribution in [0.4, 0.5) is 10.1 Å². The Labute approximate surface area is 188 Å². The van der Waals surface area contributed by atoms with Crippen molar-refractivity contribution < 1.29 is 14.0 Å². The van der Waals surface area contributed by atoms with Crippen molar-refractivity contribution in [3.63, 3.8) is 0 Å². The number of nitrogens with one attached hydrogen (secondary N) is 1. The van der Waals surface area contributed by atoms with Crippen molar-refractivity contribution in [1.82, 2.24) is 19.8 Å². The van der Waals surface area contributed by atoms with E-state index >= 15 is 0 Å². The minimum Gasteiger partial charge on any atom is -0.339 e. The van der Waals surface area contributed by atoms with Crippen LogP contribution in [0.15, 0.2) is 30.5 Å². The lowest BCUT2D eigenvalue weighted by molar-refractivity contribution is -0.117. The van der Waals surface area contributed by atoms with Crippen molar-refractivity contribution in [2.24, 2.45) is 0 Å². The first-order valence-electron chi connectivity index (χ1n) is 11.4. The van der Waals surface area contributed by atoms with E-state index in [1.807, 2.05) is 11.8 Å². The second-order valence-corrected chi connectivity index (χ2v) is 8.71. The van der Waals surface area contributed by atoms with E-state index < -0.39 is 0 Å². The Balaban J connectivity index is 1.36. The Bertz CT molecular complexity index is 959. The first-order valence-corrected chi connectivity index (χ1v) is 11.4. The van der Waals surface area contributed by atoms with Gasteiger partial charge in [0.05, 0.1) is 17.8 Å². The molecule has 0 unspecified atom stereocenters. The SMILES string of the molecule is Cc1nc([C@@H]2CCCN(CC(=O)Nc3ccc(F)cc3)C2)ncc1C(=O)N1CCCCC1. The molecular formula is C24H30FN5O2. The monoisotopic (exact) mass is 439 g/mol. The van der Waals surface area contributed by atoms with E-state index in [0.717, 1.165) is 56.8 Å². The van der Waals surface area contributed by atoms with Gasteiger partial charge in [-0.15, -0.1) is 0 Å². The first kappa shape index (κ1) is 22.3. The van der Waals surface area contributed by atoms with E-state index in [1.165, 1.54) is 18.6 Å². The molecule has 2 aliphatic rings. The van der Waals surface area contributed by atoms with E-state index in [4.69, 9.17) is 0 Å². The molecule has 7 nitrogen and oxygen atoms in total. The summed E-state index contributed by atoms with van der Waals surface area (Å²) < 4.78 is 13.0. The molecular weight excluding hydrogens is 409 g/mol. The third-order valence-corrected chi connectivity index (χ3v) is 6.24. The van der Waals surface area contributed by atoms with Gasteiger partial charge in [-0.3, -0.25) is 14.5 Å². The minimum atomic E-state index is -0.333. The predicted molar refractivity (Wildman–Crippen MR) is 120 cm³/mol. The number of benzene rings is 1. The molecule has 1 aromatic carbocycles. The Morgan fingerprint density at radius 1 is 1.09 bits per heavy atom. The van der Waals surface area contributed by atoms with Crippen molar-refractivity contribution in [3.8, 4) is 0 Å². The summed E-state index contributed by atoms with van der Waals surface area (Å²) in [5, 5.41) is 2.81. The summed E-state index contributed by atoms with van der Waals surface area (Å²) in [4.78, 5) is 38.5. The summed E-state index contributed by atoms with van der Waals surface area (Å²) in [7, 11) is 0. The highest BCUT2D eigenvalue weighted by Crippen LogP contribution is 2.25. The van der Waals surface area contributed by atoms with Crippen LogP contribution in [0.25, 0.3) is 0 Å². The Hall–Kier alpha value is -2.87. The second-order valence-electron chi connectivity index (χ2n) is 8.71. The molecule has 0 aliphatic carbocycles. The number of piperidine rings is 2. The molecule has 2 aromatic rings. The summed E-state index contributed by atoms with van der Waals surface area (Å²) in [6.07, 6.45) is 6.86. The van der Waals surface area contributed by atoms with Crippen LogP contribution in [0.3, 0.4) is 0 Å². The fourth-order valence-electron chi connectivity index (χ4n) is 4.51. The molecule has 4 rings (SSSR count). The van der Waals surface area contributed by atoms with Crippen LogP contribution in [0, 0.1) is 12.7 Å². The van der Waals surface area contributed by atoms with E-state index in [2.05, 4.69) is 20.2 Å². The van der Waals surface area contributed by atoms with Gasteiger partial charge < -0.3 is 10.2 Å². The highest BCUT2D eigenvalue weighted by atomic mass is 19.1. The zero-order chi connectivity index (χ0) is 22.5. The second kappa shape index (κ2) is 10.2. The Kier molecular flexibility index (Phi) is 7.09. The van der Waals surface area contributed by atoms with Crippen molar-refractivity contribution in [3.05, 3.63) is 53.4 Å². The number of likely N-dealkylation sites (tertiary alicyclic amines) is 2. The van der Waals surface area contributed by atoms with Gasteiger partial charge in [-0.05, 0) is 69.8 Å². The van der Waals surface area contributed by atoms with E-state index in [0.29, 0.717) is 17.8 Å². The topological polar surface area (TPSA) is 78.4 Å². The van der Waals surface area contributed by atoms with Gasteiger partial charge in [-0.25, -0.2) is 14.4 Å². The van der Waals surface area contributed by atoms with Gasteiger partial charge in [0.1, 0.15) is 11.6 Å². The van der Waals surface area contributed by atoms with E-state index in [9.17, 15) is 14.0 Å². The van der Waals surface area contributed by atoms with Crippen molar-refractivity contribution in [1.29, 1.82) is 0 Å². The highest BCUT2D eigenvalue weighted by Gasteiger charge is 2.27. The molecule has 1 aromatic heterocycles. The quantitative estimate of drug-likeness (QED) is 0.773. The standard InChI is InChI=1S/C24H30FN5O2/c1-17-21(24(32)30-12-3-2-4-13-30)14-26-23(27-17)18-6-5-11-29(15-18)16-22(31)28-20-9-7-19(25)8-10-20/h7-10,14,18H,2-6,11-13,15-16H2,1H3,(H,28,31)/t18-/m1/s1. The summed E-state index contributed by atoms with van der Waals surface area (Å²) >= 11 is 0. The molecule has 170 valence electrons. The number of hydrogen-bond donors (Lipinski definition) is 1. The maximum absolute atomic E-state index is 13.0. The van der Waals surface area contributed by atoms with E-state index in [-0.39, 0.29) is 30.1 Å². The smallest absolute Gasteiger partial charge is 0.257 e. The van der Waals surface area contributed by atoms with Crippen molar-refractivity contribution in [2.45, 2.75) is 44.9 Å². The maximum atomic E-state index is 13.0. The number of anilines is 1. The fraction of sp³-hybridized carbons (Fsp3) is 0.500.